The Morgan fingerprint density at radius 3 is 2.44 bits per heavy atom. The van der Waals surface area contributed by atoms with Crippen molar-refractivity contribution in [2.24, 2.45) is 0 Å². The van der Waals surface area contributed by atoms with Crippen molar-refractivity contribution in [1.29, 1.82) is 0 Å². The molecule has 3 aromatic rings. The number of ether oxygens (including phenoxy) is 2. The van der Waals surface area contributed by atoms with Crippen LogP contribution in [-0.4, -0.2) is 55.1 Å². The van der Waals surface area contributed by atoms with E-state index in [9.17, 15) is 9.59 Å². The second kappa shape index (κ2) is 10.3. The number of benzene rings is 2. The Labute approximate surface area is 203 Å². The van der Waals surface area contributed by atoms with Gasteiger partial charge in [0.25, 0.3) is 0 Å². The monoisotopic (exact) mass is 482 g/mol. The fraction of sp³-hybridized carbons (Fsp3) is 0.320. The van der Waals surface area contributed by atoms with Gasteiger partial charge < -0.3 is 19.7 Å². The SMILES string of the molecule is COC(=O)c1cc(N2CCOCC2)ccc1NC(=O)Cc1c(C)nn(-c2ccc(Cl)cc2)c1C. The number of anilines is 2. The van der Waals surface area contributed by atoms with Crippen molar-refractivity contribution in [3.63, 3.8) is 0 Å². The van der Waals surface area contributed by atoms with Crippen molar-refractivity contribution in [1.82, 2.24) is 9.78 Å². The van der Waals surface area contributed by atoms with E-state index in [2.05, 4.69) is 15.3 Å². The van der Waals surface area contributed by atoms with E-state index in [4.69, 9.17) is 21.1 Å². The van der Waals surface area contributed by atoms with E-state index in [-0.39, 0.29) is 12.3 Å². The summed E-state index contributed by atoms with van der Waals surface area (Å²) in [6.07, 6.45) is 0.122. The average Bonchev–Trinajstić information content (AvgIpc) is 3.13. The fourth-order valence-corrected chi connectivity index (χ4v) is 4.18. The number of esters is 1. The predicted octanol–water partition coefficient (Wildman–Crippen LogP) is 3.95. The van der Waals surface area contributed by atoms with Gasteiger partial charge in [-0.15, -0.1) is 0 Å². The maximum absolute atomic E-state index is 13.0. The van der Waals surface area contributed by atoms with Crippen LogP contribution < -0.4 is 10.2 Å². The molecule has 0 aliphatic carbocycles. The zero-order chi connectivity index (χ0) is 24.2. The van der Waals surface area contributed by atoms with Crippen LogP contribution in [0.2, 0.25) is 5.02 Å². The number of aryl methyl sites for hydroxylation is 1. The summed E-state index contributed by atoms with van der Waals surface area (Å²) >= 11 is 6.00. The number of halogens is 1. The van der Waals surface area contributed by atoms with Crippen molar-refractivity contribution in [2.45, 2.75) is 20.3 Å². The Balaban J connectivity index is 1.55. The van der Waals surface area contributed by atoms with Crippen molar-refractivity contribution in [3.8, 4) is 5.69 Å². The quantitative estimate of drug-likeness (QED) is 0.535. The Morgan fingerprint density at radius 2 is 1.76 bits per heavy atom. The summed E-state index contributed by atoms with van der Waals surface area (Å²) in [5.41, 5.74) is 4.93. The molecule has 178 valence electrons. The molecule has 0 bridgehead atoms. The van der Waals surface area contributed by atoms with Gasteiger partial charge in [0.15, 0.2) is 0 Å². The minimum Gasteiger partial charge on any atom is -0.465 e. The number of nitrogens with one attached hydrogen (secondary N) is 1. The lowest BCUT2D eigenvalue weighted by Crippen LogP contribution is -2.36. The lowest BCUT2D eigenvalue weighted by molar-refractivity contribution is -0.115. The van der Waals surface area contributed by atoms with Crippen LogP contribution in [0.1, 0.15) is 27.3 Å². The van der Waals surface area contributed by atoms with E-state index in [0.29, 0.717) is 29.5 Å². The summed E-state index contributed by atoms with van der Waals surface area (Å²) in [7, 11) is 1.33. The number of hydrogen-bond acceptors (Lipinski definition) is 6. The van der Waals surface area contributed by atoms with Gasteiger partial charge in [0, 0.05) is 35.1 Å². The zero-order valence-electron chi connectivity index (χ0n) is 19.4. The fourth-order valence-electron chi connectivity index (χ4n) is 4.06. The third-order valence-corrected chi connectivity index (χ3v) is 6.16. The number of rotatable bonds is 6. The van der Waals surface area contributed by atoms with E-state index in [1.807, 2.05) is 32.0 Å². The van der Waals surface area contributed by atoms with Gasteiger partial charge in [-0.05, 0) is 56.3 Å². The maximum Gasteiger partial charge on any atom is 0.340 e. The minimum absolute atomic E-state index is 0.122. The first-order chi connectivity index (χ1) is 16.4. The minimum atomic E-state index is -0.506. The number of amides is 1. The molecular weight excluding hydrogens is 456 g/mol. The van der Waals surface area contributed by atoms with Gasteiger partial charge in [-0.2, -0.15) is 5.10 Å². The highest BCUT2D eigenvalue weighted by Crippen LogP contribution is 2.26. The van der Waals surface area contributed by atoms with Crippen LogP contribution in [-0.2, 0) is 20.7 Å². The second-order valence-corrected chi connectivity index (χ2v) is 8.52. The molecule has 8 nitrogen and oxygen atoms in total. The summed E-state index contributed by atoms with van der Waals surface area (Å²) in [5, 5.41) is 8.12. The second-order valence-electron chi connectivity index (χ2n) is 8.08. The maximum atomic E-state index is 13.0. The third kappa shape index (κ3) is 5.08. The lowest BCUT2D eigenvalue weighted by atomic mass is 10.1. The lowest BCUT2D eigenvalue weighted by Gasteiger charge is -2.29. The number of methoxy groups -OCH3 is 1. The molecule has 9 heteroatoms. The first-order valence-corrected chi connectivity index (χ1v) is 11.4. The van der Waals surface area contributed by atoms with Crippen LogP contribution >= 0.6 is 11.6 Å². The average molecular weight is 483 g/mol. The molecule has 1 fully saturated rings. The number of carbonyl (C=O) groups excluding carboxylic acids is 2. The Hall–Kier alpha value is -3.36. The molecule has 2 aromatic carbocycles. The van der Waals surface area contributed by atoms with Crippen LogP contribution in [0.4, 0.5) is 11.4 Å². The molecule has 1 N–H and O–H groups in total. The van der Waals surface area contributed by atoms with Gasteiger partial charge in [-0.25, -0.2) is 9.48 Å². The van der Waals surface area contributed by atoms with Crippen molar-refractivity contribution in [2.75, 3.05) is 43.6 Å². The van der Waals surface area contributed by atoms with Gasteiger partial charge in [-0.3, -0.25) is 4.79 Å². The van der Waals surface area contributed by atoms with Crippen LogP contribution in [0.5, 0.6) is 0 Å². The van der Waals surface area contributed by atoms with Gasteiger partial charge in [0.2, 0.25) is 5.91 Å². The van der Waals surface area contributed by atoms with Crippen molar-refractivity contribution in [3.05, 3.63) is 70.0 Å². The van der Waals surface area contributed by atoms with Gasteiger partial charge in [0.05, 0.1) is 49.4 Å². The summed E-state index contributed by atoms with van der Waals surface area (Å²) in [5.74, 6) is -0.750. The van der Waals surface area contributed by atoms with E-state index in [0.717, 1.165) is 41.4 Å². The van der Waals surface area contributed by atoms with Gasteiger partial charge in [0.1, 0.15) is 0 Å². The molecule has 0 spiro atoms. The van der Waals surface area contributed by atoms with Crippen LogP contribution in [0.3, 0.4) is 0 Å². The molecule has 0 unspecified atom stereocenters. The first-order valence-electron chi connectivity index (χ1n) is 11.0. The largest absolute Gasteiger partial charge is 0.465 e. The smallest absolute Gasteiger partial charge is 0.340 e. The number of hydrogen-bond donors (Lipinski definition) is 1. The highest BCUT2D eigenvalue weighted by Gasteiger charge is 2.20. The van der Waals surface area contributed by atoms with E-state index in [1.165, 1.54) is 7.11 Å². The van der Waals surface area contributed by atoms with Crippen molar-refractivity contribution >= 4 is 34.9 Å². The van der Waals surface area contributed by atoms with Gasteiger partial charge in [-0.1, -0.05) is 11.6 Å². The molecule has 34 heavy (non-hydrogen) atoms. The molecule has 2 heterocycles. The molecule has 1 saturated heterocycles. The van der Waals surface area contributed by atoms with E-state index >= 15 is 0 Å². The predicted molar refractivity (Wildman–Crippen MR) is 131 cm³/mol. The summed E-state index contributed by atoms with van der Waals surface area (Å²) < 4.78 is 12.2. The summed E-state index contributed by atoms with van der Waals surface area (Å²) in [6.45, 7) is 6.54. The van der Waals surface area contributed by atoms with E-state index < -0.39 is 5.97 Å². The molecule has 0 radical (unpaired) electrons. The van der Waals surface area contributed by atoms with Crippen LogP contribution in [0.15, 0.2) is 42.5 Å². The standard InChI is InChI=1S/C25H27ClN4O4/c1-16-21(17(2)30(28-16)19-6-4-18(26)5-7-19)15-24(31)27-23-9-8-20(14-22(23)25(32)33-3)29-10-12-34-13-11-29/h4-9,14H,10-13,15H2,1-3H3,(H,27,31). The Kier molecular flexibility index (Phi) is 7.19. The summed E-state index contributed by atoms with van der Waals surface area (Å²) in [4.78, 5) is 27.6. The number of carbonyl (C=O) groups is 2. The molecule has 1 aromatic heterocycles. The normalized spacial score (nSPS) is 13.6. The molecule has 1 aliphatic heterocycles. The summed E-state index contributed by atoms with van der Waals surface area (Å²) in [6, 6.07) is 12.7. The molecule has 4 rings (SSSR count). The Morgan fingerprint density at radius 1 is 1.09 bits per heavy atom. The molecule has 0 saturated carbocycles. The number of morpholine rings is 1. The Bertz CT molecular complexity index is 1200. The molecule has 1 aliphatic rings. The third-order valence-electron chi connectivity index (χ3n) is 5.91. The van der Waals surface area contributed by atoms with E-state index in [1.54, 1.807) is 28.9 Å². The topological polar surface area (TPSA) is 85.7 Å². The van der Waals surface area contributed by atoms with Crippen LogP contribution in [0.25, 0.3) is 5.69 Å². The molecule has 1 amide bonds. The van der Waals surface area contributed by atoms with Crippen molar-refractivity contribution < 1.29 is 19.1 Å². The first kappa shape index (κ1) is 23.8. The van der Waals surface area contributed by atoms with Gasteiger partial charge >= 0.3 is 5.97 Å². The molecule has 0 atom stereocenters. The molecular formula is C25H27ClN4O4. The highest BCUT2D eigenvalue weighted by molar-refractivity contribution is 6.30. The number of nitrogens with zero attached hydrogens (tertiary/aromatic N) is 3. The number of aromatic nitrogens is 2. The zero-order valence-corrected chi connectivity index (χ0v) is 20.2. The van der Waals surface area contributed by atoms with Crippen LogP contribution in [0, 0.1) is 13.8 Å². The highest BCUT2D eigenvalue weighted by atomic mass is 35.5.